The molecule has 2 aromatic rings. The van der Waals surface area contributed by atoms with Gasteiger partial charge in [-0.05, 0) is 55.4 Å². The Morgan fingerprint density at radius 1 is 1.22 bits per heavy atom. The first-order valence-electron chi connectivity index (χ1n) is 8.87. The molecule has 27 heavy (non-hydrogen) atoms. The van der Waals surface area contributed by atoms with Gasteiger partial charge in [-0.2, -0.15) is 5.10 Å². The van der Waals surface area contributed by atoms with E-state index >= 15 is 0 Å². The first-order valence-corrected chi connectivity index (χ1v) is 9.27. The lowest BCUT2D eigenvalue weighted by atomic mass is 10.1. The van der Waals surface area contributed by atoms with Gasteiger partial charge in [0.15, 0.2) is 4.77 Å². The summed E-state index contributed by atoms with van der Waals surface area (Å²) < 4.78 is 5.86. The molecule has 1 heterocycles. The molecule has 0 aliphatic carbocycles. The lowest BCUT2D eigenvalue weighted by molar-refractivity contribution is -0.120. The van der Waals surface area contributed by atoms with E-state index in [2.05, 4.69) is 27.4 Å². The minimum atomic E-state index is -0.349. The average Bonchev–Trinajstić information content (AvgIpc) is 2.63. The fourth-order valence-corrected chi connectivity index (χ4v) is 2.60. The van der Waals surface area contributed by atoms with Gasteiger partial charge < -0.3 is 9.72 Å². The molecule has 3 N–H and O–H groups in total. The van der Waals surface area contributed by atoms with E-state index in [1.165, 1.54) is 6.07 Å². The number of unbranched alkanes of at least 4 members (excludes halogenated alkanes) is 2. The standard InChI is InChI=1S/C19H24N4O3S/c1-3-4-5-10-26-16-8-6-14(7-9-16)13(2)22-23-18(25)12-15-11-17(24)21-19(27)20-15/h6-9,11H,3-5,10,12H2,1-2H3,(H,23,25)(H2,20,21,24,27)/b22-13-. The summed E-state index contributed by atoms with van der Waals surface area (Å²) in [4.78, 5) is 28.5. The maximum absolute atomic E-state index is 12.0. The van der Waals surface area contributed by atoms with Crippen molar-refractivity contribution in [1.29, 1.82) is 0 Å². The Kier molecular flexibility index (Phi) is 7.94. The number of carbonyl (C=O) groups is 1. The van der Waals surface area contributed by atoms with Crippen LogP contribution in [0, 0.1) is 4.77 Å². The fraction of sp³-hybridized carbons (Fsp3) is 0.368. The number of hydrogen-bond donors (Lipinski definition) is 3. The summed E-state index contributed by atoms with van der Waals surface area (Å²) in [6, 6.07) is 8.87. The second-order valence-electron chi connectivity index (χ2n) is 6.10. The summed E-state index contributed by atoms with van der Waals surface area (Å²) in [7, 11) is 0. The molecule has 0 saturated carbocycles. The lowest BCUT2D eigenvalue weighted by Gasteiger charge is -2.07. The molecule has 0 fully saturated rings. The van der Waals surface area contributed by atoms with E-state index < -0.39 is 0 Å². The maximum atomic E-state index is 12.0. The summed E-state index contributed by atoms with van der Waals surface area (Å²) in [6.45, 7) is 4.67. The van der Waals surface area contributed by atoms with Gasteiger partial charge in [-0.15, -0.1) is 0 Å². The van der Waals surface area contributed by atoms with Crippen molar-refractivity contribution in [2.45, 2.75) is 39.5 Å². The smallest absolute Gasteiger partial charge is 0.251 e. The molecule has 1 amide bonds. The summed E-state index contributed by atoms with van der Waals surface area (Å²) in [6.07, 6.45) is 3.35. The van der Waals surface area contributed by atoms with Gasteiger partial charge in [0.25, 0.3) is 5.56 Å². The zero-order valence-electron chi connectivity index (χ0n) is 15.5. The van der Waals surface area contributed by atoms with Crippen LogP contribution >= 0.6 is 12.2 Å². The molecule has 0 radical (unpaired) electrons. The van der Waals surface area contributed by atoms with Crippen molar-refractivity contribution in [3.8, 4) is 5.75 Å². The third-order valence-corrected chi connectivity index (χ3v) is 4.01. The third kappa shape index (κ3) is 7.18. The normalized spacial score (nSPS) is 11.3. The zero-order chi connectivity index (χ0) is 19.6. The molecule has 2 rings (SSSR count). The molecule has 0 aliphatic heterocycles. The summed E-state index contributed by atoms with van der Waals surface area (Å²) in [5.41, 5.74) is 4.11. The third-order valence-electron chi connectivity index (χ3n) is 3.80. The van der Waals surface area contributed by atoms with E-state index in [4.69, 9.17) is 17.0 Å². The number of aromatic amines is 2. The van der Waals surface area contributed by atoms with E-state index in [-0.39, 0.29) is 22.7 Å². The van der Waals surface area contributed by atoms with E-state index in [1.54, 1.807) is 6.92 Å². The predicted molar refractivity (Wildman–Crippen MR) is 108 cm³/mol. The summed E-state index contributed by atoms with van der Waals surface area (Å²) >= 11 is 4.88. The van der Waals surface area contributed by atoms with Crippen molar-refractivity contribution in [2.24, 2.45) is 5.10 Å². The molecule has 0 bridgehead atoms. The second-order valence-corrected chi connectivity index (χ2v) is 6.51. The van der Waals surface area contributed by atoms with Crippen LogP contribution in [0.4, 0.5) is 0 Å². The van der Waals surface area contributed by atoms with Gasteiger partial charge in [0.1, 0.15) is 5.75 Å². The Labute approximate surface area is 162 Å². The van der Waals surface area contributed by atoms with Crippen LogP contribution in [-0.2, 0) is 11.2 Å². The SMILES string of the molecule is CCCCCOc1ccc(/C(C)=N\NC(=O)Cc2cc(=O)[nH]c(=S)[nH]2)cc1. The highest BCUT2D eigenvalue weighted by atomic mass is 32.1. The van der Waals surface area contributed by atoms with Crippen LogP contribution in [-0.4, -0.2) is 28.2 Å². The number of aromatic nitrogens is 2. The van der Waals surface area contributed by atoms with Crippen LogP contribution in [0.15, 0.2) is 40.2 Å². The Morgan fingerprint density at radius 2 is 1.96 bits per heavy atom. The van der Waals surface area contributed by atoms with Crippen LogP contribution < -0.4 is 15.7 Å². The van der Waals surface area contributed by atoms with Gasteiger partial charge in [-0.1, -0.05) is 19.8 Å². The van der Waals surface area contributed by atoms with Crippen molar-refractivity contribution in [3.05, 3.63) is 56.7 Å². The molecule has 8 heteroatoms. The molecule has 7 nitrogen and oxygen atoms in total. The van der Waals surface area contributed by atoms with Gasteiger partial charge >= 0.3 is 0 Å². The van der Waals surface area contributed by atoms with Gasteiger partial charge in [0, 0.05) is 11.8 Å². The quantitative estimate of drug-likeness (QED) is 0.266. The van der Waals surface area contributed by atoms with Crippen LogP contribution in [0.3, 0.4) is 0 Å². The van der Waals surface area contributed by atoms with E-state index in [9.17, 15) is 9.59 Å². The van der Waals surface area contributed by atoms with Crippen LogP contribution in [0.2, 0.25) is 0 Å². The largest absolute Gasteiger partial charge is 0.494 e. The van der Waals surface area contributed by atoms with Gasteiger partial charge in [-0.3, -0.25) is 14.6 Å². The number of nitrogens with zero attached hydrogens (tertiary/aromatic N) is 1. The molecular formula is C19H24N4O3S. The van der Waals surface area contributed by atoms with E-state index in [1.807, 2.05) is 24.3 Å². The fourth-order valence-electron chi connectivity index (χ4n) is 2.37. The molecule has 0 unspecified atom stereocenters. The molecular weight excluding hydrogens is 364 g/mol. The molecule has 0 atom stereocenters. The number of ether oxygens (including phenoxy) is 1. The Morgan fingerprint density at radius 3 is 2.63 bits per heavy atom. The van der Waals surface area contributed by atoms with Crippen LogP contribution in [0.5, 0.6) is 5.75 Å². The number of amides is 1. The van der Waals surface area contributed by atoms with Crippen molar-refractivity contribution in [2.75, 3.05) is 6.61 Å². The number of rotatable bonds is 9. The molecule has 0 aliphatic rings. The van der Waals surface area contributed by atoms with Gasteiger partial charge in [-0.25, -0.2) is 5.43 Å². The predicted octanol–water partition coefficient (Wildman–Crippen LogP) is 3.08. The monoisotopic (exact) mass is 388 g/mol. The first kappa shape index (κ1) is 20.6. The highest BCUT2D eigenvalue weighted by Crippen LogP contribution is 2.13. The zero-order valence-corrected chi connectivity index (χ0v) is 16.3. The lowest BCUT2D eigenvalue weighted by Crippen LogP contribution is -2.23. The van der Waals surface area contributed by atoms with Gasteiger partial charge in [0.05, 0.1) is 18.7 Å². The summed E-state index contributed by atoms with van der Waals surface area (Å²) in [5.74, 6) is 0.470. The van der Waals surface area contributed by atoms with Crippen molar-refractivity contribution < 1.29 is 9.53 Å². The van der Waals surface area contributed by atoms with Crippen molar-refractivity contribution in [3.63, 3.8) is 0 Å². The Bertz CT molecular complexity index is 872. The second kappa shape index (κ2) is 10.4. The number of H-pyrrole nitrogens is 2. The van der Waals surface area contributed by atoms with Crippen molar-refractivity contribution >= 4 is 23.8 Å². The minimum absolute atomic E-state index is 0.0190. The highest BCUT2D eigenvalue weighted by Gasteiger charge is 2.05. The molecule has 0 spiro atoms. The molecule has 1 aromatic heterocycles. The maximum Gasteiger partial charge on any atom is 0.251 e. The summed E-state index contributed by atoms with van der Waals surface area (Å²) in [5, 5.41) is 4.10. The molecule has 144 valence electrons. The Hall–Kier alpha value is -2.74. The minimum Gasteiger partial charge on any atom is -0.494 e. The molecule has 1 aromatic carbocycles. The number of hydrogen-bond acceptors (Lipinski definition) is 5. The Balaban J connectivity index is 1.89. The number of nitrogens with one attached hydrogen (secondary N) is 3. The van der Waals surface area contributed by atoms with E-state index in [0.29, 0.717) is 18.0 Å². The van der Waals surface area contributed by atoms with Gasteiger partial charge in [0.2, 0.25) is 5.91 Å². The van der Waals surface area contributed by atoms with Crippen LogP contribution in [0.1, 0.15) is 44.4 Å². The topological polar surface area (TPSA) is 99.3 Å². The van der Waals surface area contributed by atoms with Crippen LogP contribution in [0.25, 0.3) is 0 Å². The van der Waals surface area contributed by atoms with E-state index in [0.717, 1.165) is 30.6 Å². The number of benzene rings is 1. The number of hydrazone groups is 1. The van der Waals surface area contributed by atoms with Crippen molar-refractivity contribution in [1.82, 2.24) is 15.4 Å². The molecule has 0 saturated heterocycles. The average molecular weight is 388 g/mol. The first-order chi connectivity index (χ1) is 13.0. The highest BCUT2D eigenvalue weighted by molar-refractivity contribution is 7.71. The number of carbonyl (C=O) groups excluding carboxylic acids is 1.